The minimum atomic E-state index is -3.73. The first kappa shape index (κ1) is 15.7. The molecule has 0 saturated heterocycles. The maximum absolute atomic E-state index is 12.4. The molecule has 1 aromatic carbocycles. The Labute approximate surface area is 131 Å². The average Bonchev–Trinajstić information content (AvgIpc) is 2.48. The Balaban J connectivity index is 2.33. The Hall–Kier alpha value is -1.64. The van der Waals surface area contributed by atoms with Crippen molar-refractivity contribution in [1.29, 1.82) is 0 Å². The maximum atomic E-state index is 12.4. The number of sulfonamides is 1. The Bertz CT molecular complexity index is 733. The van der Waals surface area contributed by atoms with Gasteiger partial charge in [0.15, 0.2) is 0 Å². The van der Waals surface area contributed by atoms with Gasteiger partial charge in [0.05, 0.1) is 19.0 Å². The fourth-order valence-corrected chi connectivity index (χ4v) is 3.71. The number of nitrogens with two attached hydrogens (primary N) is 1. The van der Waals surface area contributed by atoms with E-state index in [2.05, 4.69) is 25.6 Å². The molecule has 0 aliphatic carbocycles. The van der Waals surface area contributed by atoms with Crippen LogP contribution in [0.5, 0.6) is 5.88 Å². The van der Waals surface area contributed by atoms with Crippen LogP contribution < -0.4 is 15.2 Å². The minimum Gasteiger partial charge on any atom is -0.481 e. The number of nitrogens with one attached hydrogen (secondary N) is 1. The van der Waals surface area contributed by atoms with Gasteiger partial charge in [-0.05, 0) is 39.7 Å². The lowest BCUT2D eigenvalue weighted by molar-refractivity contribution is 0.398. The molecule has 0 radical (unpaired) electrons. The summed E-state index contributed by atoms with van der Waals surface area (Å²) >= 11 is 3.24. The van der Waals surface area contributed by atoms with Gasteiger partial charge < -0.3 is 10.5 Å². The summed E-state index contributed by atoms with van der Waals surface area (Å²) < 4.78 is 32.7. The van der Waals surface area contributed by atoms with E-state index < -0.39 is 10.0 Å². The van der Waals surface area contributed by atoms with Gasteiger partial charge in [0.25, 0.3) is 10.0 Å². The average molecular weight is 372 g/mol. The molecule has 21 heavy (non-hydrogen) atoms. The highest BCUT2D eigenvalue weighted by Gasteiger charge is 2.18. The first-order valence-corrected chi connectivity index (χ1v) is 8.25. The highest BCUT2D eigenvalue weighted by molar-refractivity contribution is 9.10. The number of benzene rings is 1. The van der Waals surface area contributed by atoms with Gasteiger partial charge in [0.2, 0.25) is 5.88 Å². The summed E-state index contributed by atoms with van der Waals surface area (Å²) in [5.74, 6) is 0.407. The number of pyridine rings is 1. The summed E-state index contributed by atoms with van der Waals surface area (Å²) in [6.45, 7) is 0.264. The summed E-state index contributed by atoms with van der Waals surface area (Å²) in [7, 11) is -2.24. The molecule has 0 atom stereocenters. The maximum Gasteiger partial charge on any atom is 0.263 e. The molecule has 0 aliphatic rings. The van der Waals surface area contributed by atoms with Crippen LogP contribution in [0.15, 0.2) is 45.9 Å². The zero-order valence-corrected chi connectivity index (χ0v) is 13.6. The van der Waals surface area contributed by atoms with Gasteiger partial charge in [0, 0.05) is 17.1 Å². The molecule has 2 rings (SSSR count). The Kier molecular flexibility index (Phi) is 4.81. The number of rotatable bonds is 5. The van der Waals surface area contributed by atoms with Crippen molar-refractivity contribution in [3.63, 3.8) is 0 Å². The van der Waals surface area contributed by atoms with E-state index in [0.717, 1.165) is 5.56 Å². The molecule has 0 amide bonds. The van der Waals surface area contributed by atoms with Crippen molar-refractivity contribution in [3.05, 3.63) is 46.6 Å². The van der Waals surface area contributed by atoms with Crippen molar-refractivity contribution in [1.82, 2.24) is 4.98 Å². The van der Waals surface area contributed by atoms with Crippen molar-refractivity contribution < 1.29 is 13.2 Å². The first-order valence-electron chi connectivity index (χ1n) is 5.97. The summed E-state index contributed by atoms with van der Waals surface area (Å²) in [4.78, 5) is 4.08. The van der Waals surface area contributed by atoms with Gasteiger partial charge in [-0.2, -0.15) is 0 Å². The number of nitrogens with zero attached hydrogens (tertiary/aromatic N) is 1. The Morgan fingerprint density at radius 2 is 2.10 bits per heavy atom. The van der Waals surface area contributed by atoms with Crippen LogP contribution in [0, 0.1) is 0 Å². The second-order valence-electron chi connectivity index (χ2n) is 4.16. The molecular formula is C13H14BrN3O3S. The van der Waals surface area contributed by atoms with Crippen LogP contribution in [-0.4, -0.2) is 20.5 Å². The molecule has 0 fully saturated rings. The van der Waals surface area contributed by atoms with Crippen LogP contribution in [0.4, 0.5) is 5.69 Å². The molecule has 6 nitrogen and oxygen atoms in total. The van der Waals surface area contributed by atoms with Gasteiger partial charge in [-0.1, -0.05) is 6.07 Å². The van der Waals surface area contributed by atoms with Crippen molar-refractivity contribution >= 4 is 31.6 Å². The molecule has 112 valence electrons. The lowest BCUT2D eigenvalue weighted by Crippen LogP contribution is -2.14. The molecule has 0 aliphatic heterocycles. The molecule has 1 aromatic heterocycles. The van der Waals surface area contributed by atoms with Gasteiger partial charge in [-0.3, -0.25) is 4.72 Å². The molecule has 8 heteroatoms. The highest BCUT2D eigenvalue weighted by atomic mass is 79.9. The van der Waals surface area contributed by atoms with Crippen LogP contribution in [0.2, 0.25) is 0 Å². The topological polar surface area (TPSA) is 94.3 Å². The van der Waals surface area contributed by atoms with E-state index in [9.17, 15) is 8.42 Å². The van der Waals surface area contributed by atoms with Gasteiger partial charge >= 0.3 is 0 Å². The SMILES string of the molecule is COc1ccc(NS(=O)(=O)c2cc(CN)ccc2Br)cn1. The molecular weight excluding hydrogens is 358 g/mol. The summed E-state index contributed by atoms with van der Waals surface area (Å²) in [5, 5.41) is 0. The number of aromatic nitrogens is 1. The molecule has 0 saturated carbocycles. The number of methoxy groups -OCH3 is 1. The minimum absolute atomic E-state index is 0.126. The smallest absolute Gasteiger partial charge is 0.263 e. The third kappa shape index (κ3) is 3.72. The number of ether oxygens (including phenoxy) is 1. The number of anilines is 1. The molecule has 1 heterocycles. The van der Waals surface area contributed by atoms with E-state index in [1.165, 1.54) is 19.4 Å². The zero-order valence-electron chi connectivity index (χ0n) is 11.2. The lowest BCUT2D eigenvalue weighted by atomic mass is 10.2. The van der Waals surface area contributed by atoms with Crippen molar-refractivity contribution in [2.24, 2.45) is 5.73 Å². The van der Waals surface area contributed by atoms with Crippen LogP contribution >= 0.6 is 15.9 Å². The molecule has 3 N–H and O–H groups in total. The second kappa shape index (κ2) is 6.42. The third-order valence-corrected chi connectivity index (χ3v) is 5.09. The quantitative estimate of drug-likeness (QED) is 0.839. The van der Waals surface area contributed by atoms with Gasteiger partial charge in [-0.15, -0.1) is 0 Å². The predicted octanol–water partition coefficient (Wildman–Crippen LogP) is 2.11. The van der Waals surface area contributed by atoms with E-state index in [0.29, 0.717) is 16.0 Å². The normalized spacial score (nSPS) is 11.2. The number of halogens is 1. The van der Waals surface area contributed by atoms with E-state index in [1.54, 1.807) is 24.3 Å². The van der Waals surface area contributed by atoms with Crippen molar-refractivity contribution in [2.45, 2.75) is 11.4 Å². The Morgan fingerprint density at radius 1 is 1.33 bits per heavy atom. The highest BCUT2D eigenvalue weighted by Crippen LogP contribution is 2.25. The summed E-state index contributed by atoms with van der Waals surface area (Å²) in [5.41, 5.74) is 6.62. The first-order chi connectivity index (χ1) is 9.96. The van der Waals surface area contributed by atoms with E-state index in [-0.39, 0.29) is 11.4 Å². The fourth-order valence-electron chi connectivity index (χ4n) is 1.65. The van der Waals surface area contributed by atoms with E-state index in [4.69, 9.17) is 10.5 Å². The summed E-state index contributed by atoms with van der Waals surface area (Å²) in [6, 6.07) is 8.09. The summed E-state index contributed by atoms with van der Waals surface area (Å²) in [6.07, 6.45) is 1.39. The molecule has 2 aromatic rings. The molecule has 0 bridgehead atoms. The monoisotopic (exact) mass is 371 g/mol. The Morgan fingerprint density at radius 3 is 2.67 bits per heavy atom. The van der Waals surface area contributed by atoms with Gasteiger partial charge in [-0.25, -0.2) is 13.4 Å². The predicted molar refractivity (Wildman–Crippen MR) is 83.6 cm³/mol. The van der Waals surface area contributed by atoms with Crippen molar-refractivity contribution in [2.75, 3.05) is 11.8 Å². The fraction of sp³-hybridized carbons (Fsp3) is 0.154. The van der Waals surface area contributed by atoms with E-state index in [1.807, 2.05) is 0 Å². The lowest BCUT2D eigenvalue weighted by Gasteiger charge is -2.11. The number of hydrogen-bond acceptors (Lipinski definition) is 5. The zero-order chi connectivity index (χ0) is 15.5. The van der Waals surface area contributed by atoms with Gasteiger partial charge in [0.1, 0.15) is 4.90 Å². The van der Waals surface area contributed by atoms with Crippen LogP contribution in [0.3, 0.4) is 0 Å². The van der Waals surface area contributed by atoms with E-state index >= 15 is 0 Å². The van der Waals surface area contributed by atoms with Crippen LogP contribution in [0.1, 0.15) is 5.56 Å². The van der Waals surface area contributed by atoms with Crippen molar-refractivity contribution in [3.8, 4) is 5.88 Å². The second-order valence-corrected chi connectivity index (χ2v) is 6.67. The van der Waals surface area contributed by atoms with Crippen LogP contribution in [0.25, 0.3) is 0 Å². The molecule has 0 unspecified atom stereocenters. The third-order valence-electron chi connectivity index (χ3n) is 2.72. The molecule has 0 spiro atoms. The standard InChI is InChI=1S/C13H14BrN3O3S/c1-20-13-5-3-10(8-16-13)17-21(18,19)12-6-9(7-15)2-4-11(12)14/h2-6,8,17H,7,15H2,1H3. The van der Waals surface area contributed by atoms with Crippen LogP contribution in [-0.2, 0) is 16.6 Å². The largest absolute Gasteiger partial charge is 0.481 e. The number of hydrogen-bond donors (Lipinski definition) is 2.